The van der Waals surface area contributed by atoms with Gasteiger partial charge in [-0.3, -0.25) is 8.99 Å². The van der Waals surface area contributed by atoms with E-state index in [-0.39, 0.29) is 11.4 Å². The van der Waals surface area contributed by atoms with Crippen molar-refractivity contribution in [3.05, 3.63) is 78.1 Å². The second-order valence-electron chi connectivity index (χ2n) is 6.91. The van der Waals surface area contributed by atoms with Crippen LogP contribution in [0.1, 0.15) is 11.3 Å². The van der Waals surface area contributed by atoms with E-state index in [2.05, 4.69) is 10.1 Å². The lowest BCUT2D eigenvalue weighted by Gasteiger charge is -2.25. The second kappa shape index (κ2) is 7.79. The highest BCUT2D eigenvalue weighted by atomic mass is 32.2. The van der Waals surface area contributed by atoms with Crippen molar-refractivity contribution in [2.75, 3.05) is 11.4 Å². The van der Waals surface area contributed by atoms with Gasteiger partial charge in [-0.2, -0.15) is 5.10 Å². The smallest absolute Gasteiger partial charge is 0.264 e. The summed E-state index contributed by atoms with van der Waals surface area (Å²) in [7, 11) is -0.520. The first-order valence-electron chi connectivity index (χ1n) is 9.41. The molecule has 0 radical (unpaired) electrons. The number of pyridine rings is 1. The first-order valence-corrected chi connectivity index (χ1v) is 10.8. The molecule has 2 aromatic heterocycles. The Kier molecular flexibility index (Phi) is 5.17. The summed E-state index contributed by atoms with van der Waals surface area (Å²) in [4.78, 5) is 4.58. The van der Waals surface area contributed by atoms with Crippen molar-refractivity contribution in [3.8, 4) is 5.75 Å². The third-order valence-electron chi connectivity index (χ3n) is 4.96. The molecule has 2 aromatic carbocycles. The SMILES string of the molecule is COc1ccc(S(=O)(=O)N(Cc2ccccc2)c2ccnc3c2c(C)nn3C)cc1. The predicted molar refractivity (Wildman–Crippen MR) is 116 cm³/mol. The molecular formula is C22H22N4O3S. The van der Waals surface area contributed by atoms with Crippen molar-refractivity contribution in [1.29, 1.82) is 0 Å². The van der Waals surface area contributed by atoms with Gasteiger partial charge in [0.2, 0.25) is 0 Å². The van der Waals surface area contributed by atoms with Crippen LogP contribution in [0.2, 0.25) is 0 Å². The Labute approximate surface area is 175 Å². The number of aromatic nitrogens is 3. The minimum atomic E-state index is -3.86. The quantitative estimate of drug-likeness (QED) is 0.474. The molecule has 154 valence electrons. The number of nitrogens with zero attached hydrogens (tertiary/aromatic N) is 4. The fourth-order valence-corrected chi connectivity index (χ4v) is 4.95. The topological polar surface area (TPSA) is 77.3 Å². The minimum absolute atomic E-state index is 0.183. The lowest BCUT2D eigenvalue weighted by Crippen LogP contribution is -2.31. The van der Waals surface area contributed by atoms with Gasteiger partial charge in [0.1, 0.15) is 5.75 Å². The molecule has 0 aliphatic rings. The second-order valence-corrected chi connectivity index (χ2v) is 8.77. The molecule has 0 spiro atoms. The molecule has 0 N–H and O–H groups in total. The molecule has 0 bridgehead atoms. The minimum Gasteiger partial charge on any atom is -0.497 e. The molecule has 7 nitrogen and oxygen atoms in total. The summed E-state index contributed by atoms with van der Waals surface area (Å²) in [6, 6.07) is 17.6. The van der Waals surface area contributed by atoms with Gasteiger partial charge < -0.3 is 4.74 Å². The Bertz CT molecular complexity index is 1280. The number of rotatable bonds is 6. The molecule has 2 heterocycles. The van der Waals surface area contributed by atoms with Gasteiger partial charge >= 0.3 is 0 Å². The fourth-order valence-electron chi connectivity index (χ4n) is 3.49. The Morgan fingerprint density at radius 3 is 2.40 bits per heavy atom. The maximum atomic E-state index is 13.7. The highest BCUT2D eigenvalue weighted by molar-refractivity contribution is 7.92. The van der Waals surface area contributed by atoms with E-state index in [9.17, 15) is 8.42 Å². The molecule has 0 aliphatic heterocycles. The largest absolute Gasteiger partial charge is 0.497 e. The molecule has 30 heavy (non-hydrogen) atoms. The standard InChI is InChI=1S/C22H22N4O3S/c1-16-21-20(13-14-23-22(21)25(2)24-16)26(15-17-7-5-4-6-8-17)30(27,28)19-11-9-18(29-3)10-12-19/h4-14H,15H2,1-3H3. The van der Waals surface area contributed by atoms with Crippen LogP contribution in [0.25, 0.3) is 11.0 Å². The van der Waals surface area contributed by atoms with Crippen molar-refractivity contribution < 1.29 is 13.2 Å². The summed E-state index contributed by atoms with van der Waals surface area (Å²) in [6.07, 6.45) is 1.61. The van der Waals surface area contributed by atoms with Gasteiger partial charge in [-0.15, -0.1) is 0 Å². The van der Waals surface area contributed by atoms with E-state index in [1.54, 1.807) is 55.4 Å². The number of methoxy groups -OCH3 is 1. The van der Waals surface area contributed by atoms with E-state index in [0.717, 1.165) is 11.3 Å². The molecule has 4 aromatic rings. The zero-order chi connectivity index (χ0) is 21.3. The average molecular weight is 423 g/mol. The number of fused-ring (bicyclic) bond motifs is 1. The summed E-state index contributed by atoms with van der Waals surface area (Å²) < 4.78 is 35.7. The van der Waals surface area contributed by atoms with Gasteiger partial charge in [0, 0.05) is 13.2 Å². The summed E-state index contributed by atoms with van der Waals surface area (Å²) in [5, 5.41) is 5.15. The zero-order valence-corrected chi connectivity index (χ0v) is 17.8. The summed E-state index contributed by atoms with van der Waals surface area (Å²) in [5.74, 6) is 0.595. The first-order chi connectivity index (χ1) is 14.4. The van der Waals surface area contributed by atoms with Crippen molar-refractivity contribution in [2.24, 2.45) is 7.05 Å². The van der Waals surface area contributed by atoms with Gasteiger partial charge in [0.15, 0.2) is 5.65 Å². The number of hydrogen-bond donors (Lipinski definition) is 0. The maximum Gasteiger partial charge on any atom is 0.264 e. The van der Waals surface area contributed by atoms with Crippen LogP contribution < -0.4 is 9.04 Å². The molecule has 8 heteroatoms. The molecule has 0 amide bonds. The first kappa shape index (κ1) is 19.9. The van der Waals surface area contributed by atoms with Crippen LogP contribution in [-0.4, -0.2) is 30.3 Å². The average Bonchev–Trinajstić information content (AvgIpc) is 3.06. The zero-order valence-electron chi connectivity index (χ0n) is 17.0. The lowest BCUT2D eigenvalue weighted by molar-refractivity contribution is 0.414. The molecule has 4 rings (SSSR count). The summed E-state index contributed by atoms with van der Waals surface area (Å²) >= 11 is 0. The number of sulfonamides is 1. The number of aryl methyl sites for hydroxylation is 2. The highest BCUT2D eigenvalue weighted by Crippen LogP contribution is 2.33. The highest BCUT2D eigenvalue weighted by Gasteiger charge is 2.28. The number of hydrogen-bond acceptors (Lipinski definition) is 5. The Morgan fingerprint density at radius 2 is 1.73 bits per heavy atom. The Balaban J connectivity index is 1.91. The third-order valence-corrected chi connectivity index (χ3v) is 6.74. The van der Waals surface area contributed by atoms with Crippen LogP contribution in [-0.2, 0) is 23.6 Å². The molecule has 0 saturated carbocycles. The van der Waals surface area contributed by atoms with E-state index < -0.39 is 10.0 Å². The Morgan fingerprint density at radius 1 is 1.03 bits per heavy atom. The maximum absolute atomic E-state index is 13.7. The van der Waals surface area contributed by atoms with Gasteiger partial charge in [-0.25, -0.2) is 13.4 Å². The van der Waals surface area contributed by atoms with Crippen molar-refractivity contribution in [3.63, 3.8) is 0 Å². The number of anilines is 1. The monoisotopic (exact) mass is 422 g/mol. The lowest BCUT2D eigenvalue weighted by atomic mass is 10.2. The van der Waals surface area contributed by atoms with E-state index in [0.29, 0.717) is 22.5 Å². The number of ether oxygens (including phenoxy) is 1. The van der Waals surface area contributed by atoms with Crippen LogP contribution >= 0.6 is 0 Å². The fraction of sp³-hybridized carbons (Fsp3) is 0.182. The normalized spacial score (nSPS) is 11.6. The van der Waals surface area contributed by atoms with Gasteiger partial charge in [-0.1, -0.05) is 30.3 Å². The third kappa shape index (κ3) is 3.50. The number of benzene rings is 2. The molecule has 0 saturated heterocycles. The molecular weight excluding hydrogens is 400 g/mol. The van der Waals surface area contributed by atoms with Crippen LogP contribution in [0.5, 0.6) is 5.75 Å². The van der Waals surface area contributed by atoms with Crippen molar-refractivity contribution in [1.82, 2.24) is 14.8 Å². The predicted octanol–water partition coefficient (Wildman–Crippen LogP) is 3.68. The van der Waals surface area contributed by atoms with Crippen molar-refractivity contribution in [2.45, 2.75) is 18.4 Å². The van der Waals surface area contributed by atoms with Crippen molar-refractivity contribution >= 4 is 26.7 Å². The summed E-state index contributed by atoms with van der Waals surface area (Å²) in [5.41, 5.74) is 2.78. The van der Waals surface area contributed by atoms with E-state index in [1.807, 2.05) is 37.3 Å². The van der Waals surface area contributed by atoms with E-state index in [1.165, 1.54) is 4.31 Å². The van der Waals surface area contributed by atoms with Gasteiger partial charge in [0.25, 0.3) is 10.0 Å². The molecule has 0 atom stereocenters. The van der Waals surface area contributed by atoms with Gasteiger partial charge in [-0.05, 0) is 42.8 Å². The van der Waals surface area contributed by atoms with Gasteiger partial charge in [0.05, 0.1) is 35.3 Å². The molecule has 0 fully saturated rings. The van der Waals surface area contributed by atoms with Crippen LogP contribution in [0, 0.1) is 6.92 Å². The van der Waals surface area contributed by atoms with E-state index in [4.69, 9.17) is 4.74 Å². The van der Waals surface area contributed by atoms with Crippen LogP contribution in [0.4, 0.5) is 5.69 Å². The Hall–Kier alpha value is -3.39. The molecule has 0 unspecified atom stereocenters. The van der Waals surface area contributed by atoms with Crippen LogP contribution in [0.15, 0.2) is 71.8 Å². The van der Waals surface area contributed by atoms with Crippen LogP contribution in [0.3, 0.4) is 0 Å². The van der Waals surface area contributed by atoms with E-state index >= 15 is 0 Å². The summed E-state index contributed by atoms with van der Waals surface area (Å²) in [6.45, 7) is 2.04. The molecule has 0 aliphatic carbocycles.